The van der Waals surface area contributed by atoms with Gasteiger partial charge in [0.1, 0.15) is 5.82 Å². The number of rotatable bonds is 3. The van der Waals surface area contributed by atoms with Gasteiger partial charge in [0.25, 0.3) is 11.6 Å². The summed E-state index contributed by atoms with van der Waals surface area (Å²) in [6.45, 7) is 1.63. The summed E-state index contributed by atoms with van der Waals surface area (Å²) < 4.78 is 13.0. The molecule has 0 spiro atoms. The number of nitrogens with zero attached hydrogens (tertiary/aromatic N) is 1. The fourth-order valence-electron chi connectivity index (χ4n) is 1.75. The first kappa shape index (κ1) is 13.7. The number of non-ortho nitro benzene ring substituents is 1. The van der Waals surface area contributed by atoms with Crippen molar-refractivity contribution in [1.29, 1.82) is 0 Å². The number of anilines is 1. The van der Waals surface area contributed by atoms with Gasteiger partial charge >= 0.3 is 0 Å². The molecule has 0 unspecified atom stereocenters. The van der Waals surface area contributed by atoms with Crippen LogP contribution < -0.4 is 5.32 Å². The zero-order chi connectivity index (χ0) is 14.7. The lowest BCUT2D eigenvalue weighted by molar-refractivity contribution is -0.384. The van der Waals surface area contributed by atoms with Gasteiger partial charge in [-0.15, -0.1) is 0 Å². The highest BCUT2D eigenvalue weighted by Gasteiger charge is 2.11. The molecular weight excluding hydrogens is 263 g/mol. The number of carbonyl (C=O) groups excluding carboxylic acids is 1. The van der Waals surface area contributed by atoms with Gasteiger partial charge in [-0.2, -0.15) is 0 Å². The minimum atomic E-state index is -0.518. The molecule has 6 heteroatoms. The van der Waals surface area contributed by atoms with E-state index in [2.05, 4.69) is 5.32 Å². The van der Waals surface area contributed by atoms with Crippen LogP contribution in [0.2, 0.25) is 0 Å². The van der Waals surface area contributed by atoms with Crippen LogP contribution in [0.15, 0.2) is 42.5 Å². The molecule has 0 atom stereocenters. The van der Waals surface area contributed by atoms with Gasteiger partial charge in [0, 0.05) is 23.4 Å². The van der Waals surface area contributed by atoms with Crippen LogP contribution in [0.1, 0.15) is 15.9 Å². The van der Waals surface area contributed by atoms with E-state index in [9.17, 15) is 19.3 Å². The standard InChI is InChI=1S/C14H11FN2O3/c1-9-8-10(15)2-7-13(9)14(18)16-11-3-5-12(6-4-11)17(19)20/h2-8H,1H3,(H,16,18). The third-order valence-electron chi connectivity index (χ3n) is 2.77. The third-order valence-corrected chi connectivity index (χ3v) is 2.77. The number of nitro benzene ring substituents is 1. The summed E-state index contributed by atoms with van der Waals surface area (Å²) >= 11 is 0. The minimum Gasteiger partial charge on any atom is -0.322 e. The summed E-state index contributed by atoms with van der Waals surface area (Å²) in [6.07, 6.45) is 0. The molecule has 0 aliphatic rings. The van der Waals surface area contributed by atoms with Crippen molar-refractivity contribution >= 4 is 17.3 Å². The van der Waals surface area contributed by atoms with E-state index in [4.69, 9.17) is 0 Å². The van der Waals surface area contributed by atoms with E-state index in [1.165, 1.54) is 42.5 Å². The Morgan fingerprint density at radius 3 is 2.40 bits per heavy atom. The molecule has 0 saturated heterocycles. The van der Waals surface area contributed by atoms with Crippen molar-refractivity contribution in [3.8, 4) is 0 Å². The Morgan fingerprint density at radius 2 is 1.85 bits per heavy atom. The summed E-state index contributed by atoms with van der Waals surface area (Å²) in [7, 11) is 0. The van der Waals surface area contributed by atoms with Gasteiger partial charge in [0.05, 0.1) is 4.92 Å². The zero-order valence-corrected chi connectivity index (χ0v) is 10.6. The van der Waals surface area contributed by atoms with Gasteiger partial charge in [-0.05, 0) is 42.8 Å². The lowest BCUT2D eigenvalue weighted by atomic mass is 10.1. The van der Waals surface area contributed by atoms with Crippen LogP contribution in [0.4, 0.5) is 15.8 Å². The Kier molecular flexibility index (Phi) is 3.74. The van der Waals surface area contributed by atoms with Crippen molar-refractivity contribution in [2.45, 2.75) is 6.92 Å². The van der Waals surface area contributed by atoms with Gasteiger partial charge in [-0.1, -0.05) is 0 Å². The topological polar surface area (TPSA) is 72.2 Å². The number of amides is 1. The Balaban J connectivity index is 2.17. The van der Waals surface area contributed by atoms with Crippen molar-refractivity contribution < 1.29 is 14.1 Å². The fourth-order valence-corrected chi connectivity index (χ4v) is 1.75. The number of hydrogen-bond donors (Lipinski definition) is 1. The Bertz CT molecular complexity index is 669. The molecule has 2 rings (SSSR count). The van der Waals surface area contributed by atoms with Crippen LogP contribution in [0, 0.1) is 22.9 Å². The molecule has 1 amide bonds. The molecule has 0 bridgehead atoms. The molecule has 0 aliphatic heterocycles. The van der Waals surface area contributed by atoms with Gasteiger partial charge in [-0.25, -0.2) is 4.39 Å². The zero-order valence-electron chi connectivity index (χ0n) is 10.6. The SMILES string of the molecule is Cc1cc(F)ccc1C(=O)Nc1ccc([N+](=O)[O-])cc1. The molecular formula is C14H11FN2O3. The Hall–Kier alpha value is -2.76. The number of benzene rings is 2. The van der Waals surface area contributed by atoms with E-state index in [1.807, 2.05) is 0 Å². The maximum absolute atomic E-state index is 13.0. The normalized spacial score (nSPS) is 10.1. The molecule has 0 radical (unpaired) electrons. The Labute approximate surface area is 114 Å². The van der Waals surface area contributed by atoms with Crippen LogP contribution in [0.5, 0.6) is 0 Å². The third kappa shape index (κ3) is 2.97. The van der Waals surface area contributed by atoms with Gasteiger partial charge in [0.15, 0.2) is 0 Å². The van der Waals surface area contributed by atoms with Crippen molar-refractivity contribution in [2.24, 2.45) is 0 Å². The van der Waals surface area contributed by atoms with Crippen molar-refractivity contribution in [1.82, 2.24) is 0 Å². The van der Waals surface area contributed by atoms with Crippen LogP contribution >= 0.6 is 0 Å². The van der Waals surface area contributed by atoms with E-state index >= 15 is 0 Å². The van der Waals surface area contributed by atoms with Crippen LogP contribution in [0.25, 0.3) is 0 Å². The molecule has 102 valence electrons. The molecule has 0 heterocycles. The first-order valence-corrected chi connectivity index (χ1v) is 5.79. The van der Waals surface area contributed by atoms with Gasteiger partial charge < -0.3 is 5.32 Å². The smallest absolute Gasteiger partial charge is 0.269 e. The molecule has 0 fully saturated rings. The largest absolute Gasteiger partial charge is 0.322 e. The predicted octanol–water partition coefficient (Wildman–Crippen LogP) is 3.29. The second kappa shape index (κ2) is 5.48. The summed E-state index contributed by atoms with van der Waals surface area (Å²) in [4.78, 5) is 22.0. The van der Waals surface area contributed by atoms with E-state index in [1.54, 1.807) is 6.92 Å². The van der Waals surface area contributed by atoms with E-state index < -0.39 is 16.6 Å². The fraction of sp³-hybridized carbons (Fsp3) is 0.0714. The lowest BCUT2D eigenvalue weighted by Crippen LogP contribution is -2.13. The lowest BCUT2D eigenvalue weighted by Gasteiger charge is -2.07. The second-order valence-electron chi connectivity index (χ2n) is 4.22. The highest BCUT2D eigenvalue weighted by Crippen LogP contribution is 2.17. The summed E-state index contributed by atoms with van der Waals surface area (Å²) in [5.41, 5.74) is 1.25. The molecule has 0 aromatic heterocycles. The van der Waals surface area contributed by atoms with Crippen molar-refractivity contribution in [3.05, 3.63) is 69.5 Å². The predicted molar refractivity (Wildman–Crippen MR) is 72.2 cm³/mol. The minimum absolute atomic E-state index is 0.0547. The molecule has 0 saturated carbocycles. The van der Waals surface area contributed by atoms with Crippen molar-refractivity contribution in [3.63, 3.8) is 0 Å². The first-order chi connectivity index (χ1) is 9.47. The van der Waals surface area contributed by atoms with Crippen LogP contribution in [0.3, 0.4) is 0 Å². The van der Waals surface area contributed by atoms with E-state index in [-0.39, 0.29) is 5.69 Å². The molecule has 2 aromatic rings. The summed E-state index contributed by atoms with van der Waals surface area (Å²) in [5.74, 6) is -0.800. The monoisotopic (exact) mass is 274 g/mol. The highest BCUT2D eigenvalue weighted by atomic mass is 19.1. The number of halogens is 1. The molecule has 1 N–H and O–H groups in total. The summed E-state index contributed by atoms with van der Waals surface area (Å²) in [6, 6.07) is 9.35. The average Bonchev–Trinajstić information content (AvgIpc) is 2.39. The first-order valence-electron chi connectivity index (χ1n) is 5.79. The quantitative estimate of drug-likeness (QED) is 0.689. The number of nitro groups is 1. The molecule has 2 aromatic carbocycles. The maximum atomic E-state index is 13.0. The van der Waals surface area contributed by atoms with Crippen LogP contribution in [-0.4, -0.2) is 10.8 Å². The van der Waals surface area contributed by atoms with Gasteiger partial charge in [-0.3, -0.25) is 14.9 Å². The number of carbonyl (C=O) groups is 1. The number of aryl methyl sites for hydroxylation is 1. The van der Waals surface area contributed by atoms with E-state index in [0.29, 0.717) is 16.8 Å². The van der Waals surface area contributed by atoms with Crippen LogP contribution in [-0.2, 0) is 0 Å². The molecule has 0 aliphatic carbocycles. The van der Waals surface area contributed by atoms with Gasteiger partial charge in [0.2, 0.25) is 0 Å². The maximum Gasteiger partial charge on any atom is 0.269 e. The second-order valence-corrected chi connectivity index (χ2v) is 4.22. The Morgan fingerprint density at radius 1 is 1.20 bits per heavy atom. The average molecular weight is 274 g/mol. The highest BCUT2D eigenvalue weighted by molar-refractivity contribution is 6.05. The number of hydrogen-bond acceptors (Lipinski definition) is 3. The molecule has 20 heavy (non-hydrogen) atoms. The van der Waals surface area contributed by atoms with E-state index in [0.717, 1.165) is 0 Å². The molecule has 5 nitrogen and oxygen atoms in total. The summed E-state index contributed by atoms with van der Waals surface area (Å²) in [5, 5.41) is 13.1. The number of nitrogens with one attached hydrogen (secondary N) is 1. The van der Waals surface area contributed by atoms with Crippen molar-refractivity contribution in [2.75, 3.05) is 5.32 Å².